The molecule has 0 aliphatic heterocycles. The first-order chi connectivity index (χ1) is 15.2. The van der Waals surface area contributed by atoms with Gasteiger partial charge < -0.3 is 14.6 Å². The maximum Gasteiger partial charge on any atom is 0.150 e. The Hall–Kier alpha value is -3.11. The zero-order valence-corrected chi connectivity index (χ0v) is 19.6. The highest BCUT2D eigenvalue weighted by Crippen LogP contribution is 2.34. The Morgan fingerprint density at radius 3 is 2.16 bits per heavy atom. The molecule has 0 bridgehead atoms. The van der Waals surface area contributed by atoms with Gasteiger partial charge in [-0.05, 0) is 104 Å². The molecule has 0 aliphatic carbocycles. The predicted molar refractivity (Wildman–Crippen MR) is 129 cm³/mol. The maximum absolute atomic E-state index is 10.8. The van der Waals surface area contributed by atoms with E-state index in [0.29, 0.717) is 25.2 Å². The number of aldehydes is 1. The minimum atomic E-state index is -0.736. The van der Waals surface area contributed by atoms with Crippen LogP contribution >= 0.6 is 0 Å². The lowest BCUT2D eigenvalue weighted by Gasteiger charge is -2.19. The molecule has 1 N–H and O–H groups in total. The van der Waals surface area contributed by atoms with E-state index >= 15 is 0 Å². The van der Waals surface area contributed by atoms with Gasteiger partial charge in [-0.1, -0.05) is 18.2 Å². The highest BCUT2D eigenvalue weighted by atomic mass is 16.5. The fourth-order valence-electron chi connectivity index (χ4n) is 3.76. The number of aliphatic hydroxyl groups is 1. The Labute approximate surface area is 190 Å². The maximum atomic E-state index is 10.8. The Morgan fingerprint density at radius 1 is 0.906 bits per heavy atom. The van der Waals surface area contributed by atoms with Crippen LogP contribution in [0.5, 0.6) is 11.5 Å². The van der Waals surface area contributed by atoms with Crippen LogP contribution in [0.2, 0.25) is 0 Å². The third-order valence-corrected chi connectivity index (χ3v) is 5.61. The van der Waals surface area contributed by atoms with Gasteiger partial charge in [-0.2, -0.15) is 0 Å². The van der Waals surface area contributed by atoms with E-state index < -0.39 is 5.60 Å². The monoisotopic (exact) mass is 432 g/mol. The molecule has 0 heterocycles. The number of carbonyl (C=O) groups excluding carboxylic acids is 1. The van der Waals surface area contributed by atoms with E-state index in [0.717, 1.165) is 34.5 Å². The van der Waals surface area contributed by atoms with Gasteiger partial charge in [0.15, 0.2) is 0 Å². The first-order valence-electron chi connectivity index (χ1n) is 10.9. The Bertz CT molecular complexity index is 1050. The van der Waals surface area contributed by atoms with Gasteiger partial charge in [0.25, 0.3) is 0 Å². The van der Waals surface area contributed by atoms with Gasteiger partial charge in [0.2, 0.25) is 0 Å². The van der Waals surface area contributed by atoms with Gasteiger partial charge in [0.1, 0.15) is 24.4 Å². The molecule has 0 saturated heterocycles. The Balaban J connectivity index is 1.79. The SMILES string of the molecule is Cc1cc(OCCC(C)(C)O)cc(C)c1-c1cccc(COc2ccc(C=O)cc2)c1C. The summed E-state index contributed by atoms with van der Waals surface area (Å²) in [6.45, 7) is 10.8. The van der Waals surface area contributed by atoms with Gasteiger partial charge in [-0.15, -0.1) is 0 Å². The number of hydrogen-bond acceptors (Lipinski definition) is 4. The van der Waals surface area contributed by atoms with Crippen LogP contribution in [0.1, 0.15) is 52.9 Å². The van der Waals surface area contributed by atoms with Crippen LogP contribution in [0, 0.1) is 20.8 Å². The van der Waals surface area contributed by atoms with Gasteiger partial charge in [0, 0.05) is 12.0 Å². The standard InChI is InChI=1S/C28H32O4/c1-19-15-25(31-14-13-28(4,5)30)16-20(2)27(19)26-8-6-7-23(21(26)3)18-32-24-11-9-22(17-29)10-12-24/h6-12,15-17,30H,13-14,18H2,1-5H3. The lowest BCUT2D eigenvalue weighted by molar-refractivity contribution is 0.0553. The number of ether oxygens (including phenoxy) is 2. The summed E-state index contributed by atoms with van der Waals surface area (Å²) in [5, 5.41) is 9.89. The van der Waals surface area contributed by atoms with E-state index in [9.17, 15) is 9.90 Å². The highest BCUT2D eigenvalue weighted by molar-refractivity contribution is 5.76. The second-order valence-electron chi connectivity index (χ2n) is 8.91. The number of benzene rings is 3. The molecule has 0 spiro atoms. The van der Waals surface area contributed by atoms with Crippen LogP contribution in [0.15, 0.2) is 54.6 Å². The van der Waals surface area contributed by atoms with Crippen LogP contribution in [0.25, 0.3) is 11.1 Å². The summed E-state index contributed by atoms with van der Waals surface area (Å²) < 4.78 is 11.8. The number of hydrogen-bond donors (Lipinski definition) is 1. The molecule has 0 amide bonds. The molecule has 0 saturated carbocycles. The van der Waals surface area contributed by atoms with Crippen LogP contribution in [-0.4, -0.2) is 23.6 Å². The van der Waals surface area contributed by atoms with Gasteiger partial charge in [-0.3, -0.25) is 4.79 Å². The van der Waals surface area contributed by atoms with E-state index in [4.69, 9.17) is 9.47 Å². The second kappa shape index (κ2) is 10.0. The molecular formula is C28H32O4. The fraction of sp³-hybridized carbons (Fsp3) is 0.321. The molecule has 4 nitrogen and oxygen atoms in total. The van der Waals surface area contributed by atoms with Crippen molar-refractivity contribution in [2.75, 3.05) is 6.61 Å². The fourth-order valence-corrected chi connectivity index (χ4v) is 3.76. The average molecular weight is 433 g/mol. The molecule has 0 atom stereocenters. The zero-order chi connectivity index (χ0) is 23.3. The molecular weight excluding hydrogens is 400 g/mol. The first kappa shape index (κ1) is 23.6. The summed E-state index contributed by atoms with van der Waals surface area (Å²) in [4.78, 5) is 10.8. The van der Waals surface area contributed by atoms with Crippen molar-refractivity contribution in [2.45, 2.75) is 53.2 Å². The molecule has 0 aliphatic rings. The van der Waals surface area contributed by atoms with Crippen molar-refractivity contribution in [2.24, 2.45) is 0 Å². The molecule has 3 rings (SSSR count). The Morgan fingerprint density at radius 2 is 1.56 bits per heavy atom. The molecule has 4 heteroatoms. The minimum Gasteiger partial charge on any atom is -0.493 e. The van der Waals surface area contributed by atoms with E-state index in [1.54, 1.807) is 26.0 Å². The highest BCUT2D eigenvalue weighted by Gasteiger charge is 2.15. The zero-order valence-electron chi connectivity index (χ0n) is 19.6. The van der Waals surface area contributed by atoms with Gasteiger partial charge >= 0.3 is 0 Å². The third-order valence-electron chi connectivity index (χ3n) is 5.61. The summed E-state index contributed by atoms with van der Waals surface area (Å²) in [5.41, 5.74) is 6.87. The molecule has 0 aromatic heterocycles. The van der Waals surface area contributed by atoms with Crippen molar-refractivity contribution in [3.05, 3.63) is 82.4 Å². The van der Waals surface area contributed by atoms with E-state index in [2.05, 4.69) is 51.1 Å². The number of aryl methyl sites for hydroxylation is 2. The topological polar surface area (TPSA) is 55.8 Å². The lowest BCUT2D eigenvalue weighted by Crippen LogP contribution is -2.21. The van der Waals surface area contributed by atoms with E-state index in [-0.39, 0.29) is 0 Å². The third kappa shape index (κ3) is 5.98. The largest absolute Gasteiger partial charge is 0.493 e. The second-order valence-corrected chi connectivity index (χ2v) is 8.91. The normalized spacial score (nSPS) is 11.3. The number of carbonyl (C=O) groups is 1. The van der Waals surface area contributed by atoms with Gasteiger partial charge in [0.05, 0.1) is 12.2 Å². The minimum absolute atomic E-state index is 0.455. The van der Waals surface area contributed by atoms with Crippen molar-refractivity contribution in [3.8, 4) is 22.6 Å². The van der Waals surface area contributed by atoms with Crippen LogP contribution in [0.4, 0.5) is 0 Å². The Kier molecular flexibility index (Phi) is 7.37. The molecule has 0 unspecified atom stereocenters. The van der Waals surface area contributed by atoms with Crippen molar-refractivity contribution < 1.29 is 19.4 Å². The van der Waals surface area contributed by atoms with Crippen LogP contribution < -0.4 is 9.47 Å². The van der Waals surface area contributed by atoms with Crippen molar-refractivity contribution in [1.82, 2.24) is 0 Å². The lowest BCUT2D eigenvalue weighted by atomic mass is 9.90. The predicted octanol–water partition coefficient (Wildman–Crippen LogP) is 6.21. The van der Waals surface area contributed by atoms with Crippen molar-refractivity contribution >= 4 is 6.29 Å². The van der Waals surface area contributed by atoms with Crippen molar-refractivity contribution in [1.29, 1.82) is 0 Å². The molecule has 32 heavy (non-hydrogen) atoms. The average Bonchev–Trinajstić information content (AvgIpc) is 2.73. The van der Waals surface area contributed by atoms with E-state index in [1.165, 1.54) is 16.7 Å². The summed E-state index contributed by atoms with van der Waals surface area (Å²) in [6, 6.07) is 17.5. The molecule has 3 aromatic rings. The van der Waals surface area contributed by atoms with Crippen LogP contribution in [0.3, 0.4) is 0 Å². The van der Waals surface area contributed by atoms with Crippen LogP contribution in [-0.2, 0) is 6.61 Å². The molecule has 168 valence electrons. The smallest absolute Gasteiger partial charge is 0.150 e. The quantitative estimate of drug-likeness (QED) is 0.408. The number of rotatable bonds is 9. The molecule has 0 radical (unpaired) electrons. The van der Waals surface area contributed by atoms with Gasteiger partial charge in [-0.25, -0.2) is 0 Å². The van der Waals surface area contributed by atoms with Crippen molar-refractivity contribution in [3.63, 3.8) is 0 Å². The summed E-state index contributed by atoms with van der Waals surface area (Å²) in [7, 11) is 0. The first-order valence-corrected chi connectivity index (χ1v) is 10.9. The summed E-state index contributed by atoms with van der Waals surface area (Å²) in [5.74, 6) is 1.56. The molecule has 0 fully saturated rings. The van der Waals surface area contributed by atoms with E-state index in [1.807, 2.05) is 12.1 Å². The molecule has 3 aromatic carbocycles. The summed E-state index contributed by atoms with van der Waals surface area (Å²) in [6.07, 6.45) is 1.40. The summed E-state index contributed by atoms with van der Waals surface area (Å²) >= 11 is 0.